The second kappa shape index (κ2) is 5.95. The number of aromatic nitrogens is 1. The minimum absolute atomic E-state index is 0.674. The molecule has 1 aromatic carbocycles. The van der Waals surface area contributed by atoms with Crippen molar-refractivity contribution in [2.24, 2.45) is 0 Å². The minimum atomic E-state index is 0.674. The fraction of sp³-hybridized carbons (Fsp3) is 0.444. The monoisotopic (exact) mass is 296 g/mol. The third kappa shape index (κ3) is 2.23. The van der Waals surface area contributed by atoms with Gasteiger partial charge >= 0.3 is 0 Å². The maximum atomic E-state index is 7.75. The van der Waals surface area contributed by atoms with Gasteiger partial charge in [-0.3, -0.25) is 0 Å². The second-order valence-electron chi connectivity index (χ2n) is 5.88. The van der Waals surface area contributed by atoms with Gasteiger partial charge in [-0.2, -0.15) is 0 Å². The predicted molar refractivity (Wildman–Crippen MR) is 94.2 cm³/mol. The second-order valence-corrected chi connectivity index (χ2v) is 5.88. The van der Waals surface area contributed by atoms with Crippen molar-refractivity contribution in [3.63, 3.8) is 0 Å². The SMILES string of the molecule is CCN(CC)c1nc2ccc(N)c(C=N)c2c2c1CCCC2. The summed E-state index contributed by atoms with van der Waals surface area (Å²) in [6.07, 6.45) is 5.95. The summed E-state index contributed by atoms with van der Waals surface area (Å²) in [6, 6.07) is 3.87. The van der Waals surface area contributed by atoms with Crippen molar-refractivity contribution >= 4 is 28.6 Å². The zero-order chi connectivity index (χ0) is 15.7. The molecule has 0 radical (unpaired) electrons. The van der Waals surface area contributed by atoms with Crippen LogP contribution < -0.4 is 10.6 Å². The van der Waals surface area contributed by atoms with E-state index in [1.165, 1.54) is 30.2 Å². The van der Waals surface area contributed by atoms with Crippen LogP contribution in [0.15, 0.2) is 12.1 Å². The number of nitrogen functional groups attached to an aromatic ring is 1. The first kappa shape index (κ1) is 14.8. The molecule has 2 aromatic rings. The average molecular weight is 296 g/mol. The maximum absolute atomic E-state index is 7.75. The van der Waals surface area contributed by atoms with E-state index in [0.29, 0.717) is 5.69 Å². The topological polar surface area (TPSA) is 66.0 Å². The molecule has 0 aliphatic heterocycles. The van der Waals surface area contributed by atoms with Gasteiger partial charge < -0.3 is 16.0 Å². The van der Waals surface area contributed by atoms with Gasteiger partial charge in [-0.25, -0.2) is 4.98 Å². The summed E-state index contributed by atoms with van der Waals surface area (Å²) in [5.74, 6) is 1.13. The van der Waals surface area contributed by atoms with E-state index in [1.54, 1.807) is 0 Å². The number of anilines is 2. The molecule has 0 saturated carbocycles. The fourth-order valence-corrected chi connectivity index (χ4v) is 3.58. The van der Waals surface area contributed by atoms with Crippen molar-refractivity contribution in [3.8, 4) is 0 Å². The highest BCUT2D eigenvalue weighted by Gasteiger charge is 2.22. The van der Waals surface area contributed by atoms with Crippen LogP contribution in [0.4, 0.5) is 11.5 Å². The van der Waals surface area contributed by atoms with Gasteiger partial charge in [-0.15, -0.1) is 0 Å². The minimum Gasteiger partial charge on any atom is -0.398 e. The molecule has 0 bridgehead atoms. The van der Waals surface area contributed by atoms with Crippen LogP contribution >= 0.6 is 0 Å². The highest BCUT2D eigenvalue weighted by Crippen LogP contribution is 2.36. The Morgan fingerprint density at radius 2 is 1.86 bits per heavy atom. The molecule has 1 aliphatic rings. The van der Waals surface area contributed by atoms with Gasteiger partial charge in [0.05, 0.1) is 5.52 Å². The van der Waals surface area contributed by atoms with E-state index in [0.717, 1.165) is 48.2 Å². The van der Waals surface area contributed by atoms with Crippen LogP contribution in [-0.2, 0) is 12.8 Å². The van der Waals surface area contributed by atoms with Crippen molar-refractivity contribution in [2.75, 3.05) is 23.7 Å². The molecule has 116 valence electrons. The molecular formula is C18H24N4. The first-order chi connectivity index (χ1) is 10.7. The van der Waals surface area contributed by atoms with Crippen LogP contribution in [0.1, 0.15) is 43.4 Å². The molecule has 1 aliphatic carbocycles. The molecule has 3 N–H and O–H groups in total. The number of nitrogens with two attached hydrogens (primary N) is 1. The van der Waals surface area contributed by atoms with Crippen molar-refractivity contribution in [3.05, 3.63) is 28.8 Å². The molecule has 0 spiro atoms. The number of pyridine rings is 1. The molecule has 1 heterocycles. The zero-order valence-corrected chi connectivity index (χ0v) is 13.4. The van der Waals surface area contributed by atoms with Gasteiger partial charge in [0.2, 0.25) is 0 Å². The molecule has 22 heavy (non-hydrogen) atoms. The highest BCUT2D eigenvalue weighted by atomic mass is 15.2. The normalized spacial score (nSPS) is 13.9. The summed E-state index contributed by atoms with van der Waals surface area (Å²) in [7, 11) is 0. The van der Waals surface area contributed by atoms with Crippen LogP contribution in [-0.4, -0.2) is 24.3 Å². The van der Waals surface area contributed by atoms with Gasteiger partial charge in [0, 0.05) is 35.9 Å². The molecule has 0 saturated heterocycles. The Kier molecular flexibility index (Phi) is 4.01. The van der Waals surface area contributed by atoms with E-state index in [4.69, 9.17) is 16.1 Å². The largest absolute Gasteiger partial charge is 0.398 e. The number of nitrogens with zero attached hydrogens (tertiary/aromatic N) is 2. The Bertz CT molecular complexity index is 717. The molecular weight excluding hydrogens is 272 g/mol. The number of aryl methyl sites for hydroxylation is 1. The molecule has 0 fully saturated rings. The van der Waals surface area contributed by atoms with E-state index in [9.17, 15) is 0 Å². The van der Waals surface area contributed by atoms with Gasteiger partial charge in [0.15, 0.2) is 0 Å². The van der Waals surface area contributed by atoms with Gasteiger partial charge in [-0.05, 0) is 62.8 Å². The standard InChI is InChI=1S/C18H24N4/c1-3-22(4-2)18-13-8-6-5-7-12(13)17-14(11-19)15(20)9-10-16(17)21-18/h9-11,19H,3-8,20H2,1-2H3. The molecule has 4 heteroatoms. The van der Waals surface area contributed by atoms with E-state index < -0.39 is 0 Å². The van der Waals surface area contributed by atoms with Crippen molar-refractivity contribution in [2.45, 2.75) is 39.5 Å². The maximum Gasteiger partial charge on any atom is 0.132 e. The summed E-state index contributed by atoms with van der Waals surface area (Å²) in [4.78, 5) is 7.28. The lowest BCUT2D eigenvalue weighted by Gasteiger charge is -2.28. The summed E-state index contributed by atoms with van der Waals surface area (Å²) >= 11 is 0. The lowest BCUT2D eigenvalue weighted by Crippen LogP contribution is -2.26. The van der Waals surface area contributed by atoms with Crippen LogP contribution in [0.5, 0.6) is 0 Å². The Morgan fingerprint density at radius 1 is 1.18 bits per heavy atom. The first-order valence-corrected chi connectivity index (χ1v) is 8.20. The smallest absolute Gasteiger partial charge is 0.132 e. The van der Waals surface area contributed by atoms with Gasteiger partial charge in [0.25, 0.3) is 0 Å². The van der Waals surface area contributed by atoms with Gasteiger partial charge in [-0.1, -0.05) is 0 Å². The summed E-state index contributed by atoms with van der Waals surface area (Å²) in [5, 5.41) is 8.85. The number of nitrogens with one attached hydrogen (secondary N) is 1. The van der Waals surface area contributed by atoms with Crippen LogP contribution in [0.25, 0.3) is 10.9 Å². The number of rotatable bonds is 4. The predicted octanol–water partition coefficient (Wildman–Crippen LogP) is 3.54. The Balaban J connectivity index is 2.37. The molecule has 0 amide bonds. The third-order valence-electron chi connectivity index (χ3n) is 4.73. The van der Waals surface area contributed by atoms with Gasteiger partial charge in [0.1, 0.15) is 5.82 Å². The van der Waals surface area contributed by atoms with Crippen molar-refractivity contribution < 1.29 is 0 Å². The van der Waals surface area contributed by atoms with Crippen molar-refractivity contribution in [1.29, 1.82) is 5.41 Å². The highest BCUT2D eigenvalue weighted by molar-refractivity contribution is 6.05. The summed E-state index contributed by atoms with van der Waals surface area (Å²) < 4.78 is 0. The number of fused-ring (bicyclic) bond motifs is 3. The van der Waals surface area contributed by atoms with Crippen molar-refractivity contribution in [1.82, 2.24) is 4.98 Å². The van der Waals surface area contributed by atoms with Crippen LogP contribution in [0, 0.1) is 5.41 Å². The lowest BCUT2D eigenvalue weighted by atomic mass is 9.87. The zero-order valence-electron chi connectivity index (χ0n) is 13.4. The van der Waals surface area contributed by atoms with E-state index in [-0.39, 0.29) is 0 Å². The number of benzene rings is 1. The average Bonchev–Trinajstić information content (AvgIpc) is 2.56. The lowest BCUT2D eigenvalue weighted by molar-refractivity contribution is 0.681. The molecule has 1 aromatic heterocycles. The summed E-state index contributed by atoms with van der Waals surface area (Å²) in [6.45, 7) is 6.29. The van der Waals surface area contributed by atoms with Crippen LogP contribution in [0.2, 0.25) is 0 Å². The number of hydrogen-bond donors (Lipinski definition) is 2. The quantitative estimate of drug-likeness (QED) is 0.670. The van der Waals surface area contributed by atoms with E-state index in [1.807, 2.05) is 12.1 Å². The Labute approximate surface area is 131 Å². The third-order valence-corrected chi connectivity index (χ3v) is 4.73. The first-order valence-electron chi connectivity index (χ1n) is 8.20. The van der Waals surface area contributed by atoms with E-state index in [2.05, 4.69) is 18.7 Å². The molecule has 4 nitrogen and oxygen atoms in total. The molecule has 3 rings (SSSR count). The Morgan fingerprint density at radius 3 is 2.50 bits per heavy atom. The Hall–Kier alpha value is -2.10. The van der Waals surface area contributed by atoms with Crippen LogP contribution in [0.3, 0.4) is 0 Å². The number of hydrogen-bond acceptors (Lipinski definition) is 4. The molecule has 0 unspecified atom stereocenters. The fourth-order valence-electron chi connectivity index (χ4n) is 3.58. The van der Waals surface area contributed by atoms with E-state index >= 15 is 0 Å². The summed E-state index contributed by atoms with van der Waals surface area (Å²) in [5.41, 5.74) is 11.3. The molecule has 0 atom stereocenters.